The molecular weight excluding hydrogens is 574 g/mol. The van der Waals surface area contributed by atoms with Crippen LogP contribution in [0.2, 0.25) is 0 Å². The molecule has 0 aliphatic carbocycles. The van der Waals surface area contributed by atoms with Gasteiger partial charge in [-0.3, -0.25) is 38.5 Å². The highest BCUT2D eigenvalue weighted by Crippen LogP contribution is 2.23. The number of likely N-dealkylation sites (N-methyl/N-ethyl adjacent to an activating group) is 1. The van der Waals surface area contributed by atoms with Gasteiger partial charge in [-0.05, 0) is 38.2 Å². The van der Waals surface area contributed by atoms with Crippen molar-refractivity contribution in [2.75, 3.05) is 44.1 Å². The van der Waals surface area contributed by atoms with Crippen molar-refractivity contribution in [3.63, 3.8) is 0 Å². The van der Waals surface area contributed by atoms with Crippen molar-refractivity contribution >= 4 is 65.9 Å². The molecule has 1 aliphatic rings. The summed E-state index contributed by atoms with van der Waals surface area (Å²) in [6.45, 7) is 4.79. The first-order valence-electron chi connectivity index (χ1n) is 13.7. The molecule has 0 aromatic carbocycles. The van der Waals surface area contributed by atoms with Crippen LogP contribution in [0.4, 0.5) is 0 Å². The highest BCUT2D eigenvalue weighted by molar-refractivity contribution is 8.00. The van der Waals surface area contributed by atoms with Gasteiger partial charge in [0.25, 0.3) is 6.47 Å². The monoisotopic (exact) mass is 621 g/mol. The summed E-state index contributed by atoms with van der Waals surface area (Å²) in [7, 11) is 0. The van der Waals surface area contributed by atoms with Crippen LogP contribution in [0.25, 0.3) is 0 Å². The maximum absolute atomic E-state index is 11.9. The van der Waals surface area contributed by atoms with E-state index in [-0.39, 0.29) is 54.3 Å². The summed E-state index contributed by atoms with van der Waals surface area (Å²) >= 11 is 3.13. The van der Waals surface area contributed by atoms with Crippen LogP contribution in [0.1, 0.15) is 71.6 Å². The first-order chi connectivity index (χ1) is 19.7. The summed E-state index contributed by atoms with van der Waals surface area (Å²) in [6.07, 6.45) is 10.1. The number of carbonyl (C=O) groups is 7. The fourth-order valence-electron chi connectivity index (χ4n) is 3.36. The average Bonchev–Trinajstić information content (AvgIpc) is 3.23. The molecule has 0 aromatic heterocycles. The lowest BCUT2D eigenvalue weighted by molar-refractivity contribution is -0.138. The molecule has 1 unspecified atom stereocenters. The molecule has 13 nitrogen and oxygen atoms in total. The third kappa shape index (κ3) is 23.6. The van der Waals surface area contributed by atoms with Crippen LogP contribution < -0.4 is 21.3 Å². The molecule has 1 rings (SSSR count). The van der Waals surface area contributed by atoms with E-state index >= 15 is 0 Å². The molecule has 1 atom stereocenters. The Morgan fingerprint density at radius 3 is 2.17 bits per heavy atom. The van der Waals surface area contributed by atoms with Crippen molar-refractivity contribution in [1.82, 2.24) is 26.2 Å². The van der Waals surface area contributed by atoms with Gasteiger partial charge in [0.15, 0.2) is 0 Å². The number of hydrogen-bond acceptors (Lipinski definition) is 9. The van der Waals surface area contributed by atoms with Crippen LogP contribution in [0.15, 0.2) is 0 Å². The molecule has 0 saturated carbocycles. The number of likely N-dealkylation sites (tertiary alicyclic amines) is 1. The van der Waals surface area contributed by atoms with E-state index in [4.69, 9.17) is 9.90 Å². The van der Waals surface area contributed by atoms with Gasteiger partial charge in [0, 0.05) is 25.9 Å². The summed E-state index contributed by atoms with van der Waals surface area (Å²) in [5.41, 5.74) is 0. The summed E-state index contributed by atoms with van der Waals surface area (Å²) < 4.78 is 0. The predicted molar refractivity (Wildman–Crippen MR) is 161 cm³/mol. The van der Waals surface area contributed by atoms with Gasteiger partial charge < -0.3 is 26.4 Å². The quantitative estimate of drug-likeness (QED) is 0.0570. The first kappa shape index (κ1) is 40.3. The van der Waals surface area contributed by atoms with Crippen molar-refractivity contribution in [2.45, 2.75) is 76.9 Å². The molecule has 0 radical (unpaired) electrons. The molecule has 0 bridgehead atoms. The molecule has 41 heavy (non-hydrogen) atoms. The number of carbonyl (C=O) groups excluding carboxylic acids is 6. The first-order valence-corrected chi connectivity index (χ1v) is 16.2. The Morgan fingerprint density at radius 2 is 1.59 bits per heavy atom. The van der Waals surface area contributed by atoms with Crippen LogP contribution in [-0.2, 0) is 33.6 Å². The standard InChI is InChI=1S/C15H25N3O4S.C10H20N2O2S.CH2O2/c1-3-16-13(20)10-17-12(19)7-5-4-6-8-18-14(21)9-11(23-2)15(18)22;1-2-3-4-5-6-15-9-12-10(14)7-11-8-13;2-1-3/h11H,3-10H2,1-2H3,(H,16,20)(H,17,19);8H,2-7,9H2,1H3,(H,11,13)(H,12,14);1H,(H,2,3). The van der Waals surface area contributed by atoms with Crippen molar-refractivity contribution in [3.05, 3.63) is 0 Å². The van der Waals surface area contributed by atoms with Crippen LogP contribution >= 0.6 is 23.5 Å². The third-order valence-electron chi connectivity index (χ3n) is 5.45. The number of imide groups is 1. The fourth-order valence-corrected chi connectivity index (χ4v) is 4.82. The van der Waals surface area contributed by atoms with Crippen LogP contribution in [-0.4, -0.2) is 102 Å². The van der Waals surface area contributed by atoms with E-state index < -0.39 is 0 Å². The number of hydrogen-bond donors (Lipinski definition) is 5. The summed E-state index contributed by atoms with van der Waals surface area (Å²) in [4.78, 5) is 76.9. The second-order valence-corrected chi connectivity index (χ2v) is 10.8. The zero-order chi connectivity index (χ0) is 31.3. The largest absolute Gasteiger partial charge is 0.483 e. The zero-order valence-corrected chi connectivity index (χ0v) is 26.0. The second-order valence-electron chi connectivity index (χ2n) is 8.67. The molecule has 15 heteroatoms. The van der Waals surface area contributed by atoms with Crippen molar-refractivity contribution < 1.29 is 38.7 Å². The lowest BCUT2D eigenvalue weighted by Gasteiger charge is -2.14. The van der Waals surface area contributed by atoms with Crippen LogP contribution in [0.3, 0.4) is 0 Å². The highest BCUT2D eigenvalue weighted by Gasteiger charge is 2.37. The molecule has 1 aliphatic heterocycles. The van der Waals surface area contributed by atoms with Gasteiger partial charge >= 0.3 is 0 Å². The molecule has 6 amide bonds. The molecule has 236 valence electrons. The highest BCUT2D eigenvalue weighted by atomic mass is 32.2. The lowest BCUT2D eigenvalue weighted by atomic mass is 10.2. The topological polar surface area (TPSA) is 191 Å². The molecule has 5 N–H and O–H groups in total. The third-order valence-corrected chi connectivity index (χ3v) is 7.32. The lowest BCUT2D eigenvalue weighted by Crippen LogP contribution is -2.36. The van der Waals surface area contributed by atoms with E-state index in [1.807, 2.05) is 13.2 Å². The number of unbranched alkanes of at least 4 members (excludes halogenated alkanes) is 5. The molecular formula is C26H47N5O8S2. The summed E-state index contributed by atoms with van der Waals surface area (Å²) in [5, 5.41) is 16.8. The van der Waals surface area contributed by atoms with E-state index in [0.717, 1.165) is 12.2 Å². The Labute approximate surface area is 251 Å². The van der Waals surface area contributed by atoms with E-state index in [0.29, 0.717) is 51.1 Å². The van der Waals surface area contributed by atoms with Gasteiger partial charge in [0.05, 0.1) is 24.2 Å². The van der Waals surface area contributed by atoms with Gasteiger partial charge in [-0.2, -0.15) is 11.8 Å². The number of amides is 6. The maximum atomic E-state index is 11.9. The number of nitrogens with one attached hydrogen (secondary N) is 4. The van der Waals surface area contributed by atoms with Gasteiger partial charge in [-0.15, -0.1) is 11.8 Å². The van der Waals surface area contributed by atoms with Gasteiger partial charge in [-0.1, -0.05) is 32.6 Å². The number of carboxylic acid groups (broad SMARTS) is 1. The molecule has 0 spiro atoms. The van der Waals surface area contributed by atoms with Gasteiger partial charge in [0.2, 0.25) is 35.9 Å². The van der Waals surface area contributed by atoms with E-state index in [1.165, 1.54) is 42.3 Å². The Hall–Kier alpha value is -2.81. The normalized spacial score (nSPS) is 13.6. The van der Waals surface area contributed by atoms with E-state index in [9.17, 15) is 28.8 Å². The predicted octanol–water partition coefficient (Wildman–Crippen LogP) is 1.11. The maximum Gasteiger partial charge on any atom is 0.290 e. The van der Waals surface area contributed by atoms with E-state index in [2.05, 4.69) is 28.2 Å². The summed E-state index contributed by atoms with van der Waals surface area (Å²) in [5.74, 6) is 1.02. The SMILES string of the molecule is CCCCCCSCNC(=O)CNC=O.CCNC(=O)CNC(=O)CCCCCN1C(=O)CC(SC)C1=O.O=CO. The van der Waals surface area contributed by atoms with Gasteiger partial charge in [-0.25, -0.2) is 0 Å². The minimum Gasteiger partial charge on any atom is -0.483 e. The minimum atomic E-state index is -0.250. The number of rotatable bonds is 20. The van der Waals surface area contributed by atoms with Crippen LogP contribution in [0, 0.1) is 0 Å². The van der Waals surface area contributed by atoms with Crippen LogP contribution in [0.5, 0.6) is 0 Å². The van der Waals surface area contributed by atoms with Crippen molar-refractivity contribution in [1.29, 1.82) is 0 Å². The molecule has 1 fully saturated rings. The Bertz CT molecular complexity index is 789. The fraction of sp³-hybridized carbons (Fsp3) is 0.731. The number of thioether (sulfide) groups is 2. The second kappa shape index (κ2) is 28.7. The average molecular weight is 622 g/mol. The summed E-state index contributed by atoms with van der Waals surface area (Å²) in [6, 6.07) is 0. The van der Waals surface area contributed by atoms with Gasteiger partial charge in [0.1, 0.15) is 0 Å². The smallest absolute Gasteiger partial charge is 0.290 e. The van der Waals surface area contributed by atoms with E-state index in [1.54, 1.807) is 11.8 Å². The zero-order valence-electron chi connectivity index (χ0n) is 24.4. The Morgan fingerprint density at radius 1 is 0.927 bits per heavy atom. The van der Waals surface area contributed by atoms with Crippen molar-refractivity contribution in [3.8, 4) is 0 Å². The Balaban J connectivity index is 0. The number of nitrogens with zero attached hydrogens (tertiary/aromatic N) is 1. The molecule has 1 saturated heterocycles. The minimum absolute atomic E-state index is 0.000469. The van der Waals surface area contributed by atoms with Crippen molar-refractivity contribution in [2.24, 2.45) is 0 Å². The Kier molecular flexibility index (Phi) is 28.2. The molecule has 0 aromatic rings. The molecule has 1 heterocycles.